The number of nitrogens with two attached hydrogens (primary N) is 1. The average molecular weight is 575 g/mol. The number of aryl methyl sites for hydroxylation is 1. The minimum absolute atomic E-state index is 0.0856. The summed E-state index contributed by atoms with van der Waals surface area (Å²) < 4.78 is 0. The Morgan fingerprint density at radius 3 is 2.54 bits per heavy atom. The quantitative estimate of drug-likeness (QED) is 0.425. The number of nitrogens with zero attached hydrogens (tertiary/aromatic N) is 4. The molecule has 10 nitrogen and oxygen atoms in total. The number of hydrogen-bond donors (Lipinski definition) is 2. The minimum atomic E-state index is -1.33. The number of aromatic nitrogens is 1. The van der Waals surface area contributed by atoms with E-state index in [1.165, 1.54) is 4.90 Å². The van der Waals surface area contributed by atoms with E-state index in [1.54, 1.807) is 25.9 Å². The van der Waals surface area contributed by atoms with E-state index in [4.69, 9.17) is 5.73 Å². The molecule has 214 valence electrons. The molecule has 0 radical (unpaired) electrons. The summed E-state index contributed by atoms with van der Waals surface area (Å²) in [5.41, 5.74) is 7.16. The van der Waals surface area contributed by atoms with Crippen LogP contribution in [0.1, 0.15) is 55.2 Å². The number of hydrazine groups is 1. The molecule has 4 amide bonds. The Hall–Kier alpha value is -4.09. The first-order valence-electron chi connectivity index (χ1n) is 13.6. The van der Waals surface area contributed by atoms with Gasteiger partial charge in [-0.05, 0) is 30.0 Å². The van der Waals surface area contributed by atoms with Crippen molar-refractivity contribution < 1.29 is 19.2 Å². The van der Waals surface area contributed by atoms with E-state index in [0.717, 1.165) is 41.0 Å². The fourth-order valence-electron chi connectivity index (χ4n) is 5.69. The molecular weight excluding hydrogens is 540 g/mol. The van der Waals surface area contributed by atoms with E-state index in [1.807, 2.05) is 54.6 Å². The number of thiazole rings is 1. The summed E-state index contributed by atoms with van der Waals surface area (Å²) in [4.78, 5) is 58.9. The number of carbonyl (C=O) groups excluding carboxylic acids is 4. The Labute approximate surface area is 243 Å². The van der Waals surface area contributed by atoms with Crippen molar-refractivity contribution in [1.82, 2.24) is 25.2 Å². The first kappa shape index (κ1) is 28.4. The van der Waals surface area contributed by atoms with E-state index >= 15 is 0 Å². The van der Waals surface area contributed by atoms with Crippen molar-refractivity contribution >= 4 is 35.0 Å². The molecule has 41 heavy (non-hydrogen) atoms. The summed E-state index contributed by atoms with van der Waals surface area (Å²) in [7, 11) is 1.58. The highest BCUT2D eigenvalue weighted by Crippen LogP contribution is 2.37. The van der Waals surface area contributed by atoms with Crippen molar-refractivity contribution in [3.8, 4) is 0 Å². The van der Waals surface area contributed by atoms with Crippen LogP contribution in [0.5, 0.6) is 0 Å². The Morgan fingerprint density at radius 1 is 1.12 bits per heavy atom. The van der Waals surface area contributed by atoms with Gasteiger partial charge in [0.15, 0.2) is 10.5 Å². The molecule has 2 aliphatic rings. The summed E-state index contributed by atoms with van der Waals surface area (Å²) in [6.45, 7) is 5.38. The SMILES string of the molecule is Cc1nc(C(=O)N(C)C[C@@H](C)C(=O)N[C@]2(Cc3ccccc3)C(=O)N3CCCN3Cc3ccccc32)sc1C(N)=O. The van der Waals surface area contributed by atoms with Crippen LogP contribution in [-0.2, 0) is 28.1 Å². The van der Waals surface area contributed by atoms with E-state index in [9.17, 15) is 19.2 Å². The van der Waals surface area contributed by atoms with Crippen LogP contribution in [0.25, 0.3) is 0 Å². The fraction of sp³-hybridized carbons (Fsp3) is 0.367. The van der Waals surface area contributed by atoms with Crippen molar-refractivity contribution in [2.24, 2.45) is 11.7 Å². The zero-order chi connectivity index (χ0) is 29.3. The number of carbonyl (C=O) groups is 4. The molecule has 11 heteroatoms. The third-order valence-electron chi connectivity index (χ3n) is 7.75. The van der Waals surface area contributed by atoms with Crippen LogP contribution in [0.3, 0.4) is 0 Å². The smallest absolute Gasteiger partial charge is 0.282 e. The molecule has 1 aromatic heterocycles. The van der Waals surface area contributed by atoms with Crippen molar-refractivity contribution in [3.63, 3.8) is 0 Å². The first-order chi connectivity index (χ1) is 19.6. The second-order valence-electron chi connectivity index (χ2n) is 10.8. The molecule has 0 spiro atoms. The van der Waals surface area contributed by atoms with Gasteiger partial charge in [-0.2, -0.15) is 0 Å². The molecule has 1 fully saturated rings. The highest BCUT2D eigenvalue weighted by molar-refractivity contribution is 7.15. The summed E-state index contributed by atoms with van der Waals surface area (Å²) in [5.74, 6) is -2.20. The third kappa shape index (κ3) is 5.47. The lowest BCUT2D eigenvalue weighted by Crippen LogP contribution is -2.60. The van der Waals surface area contributed by atoms with Crippen LogP contribution in [0.2, 0.25) is 0 Å². The highest BCUT2D eigenvalue weighted by Gasteiger charge is 2.50. The molecule has 3 aromatic rings. The largest absolute Gasteiger partial charge is 0.365 e. The van der Waals surface area contributed by atoms with Gasteiger partial charge in [0.1, 0.15) is 4.88 Å². The van der Waals surface area contributed by atoms with Crippen LogP contribution < -0.4 is 11.1 Å². The van der Waals surface area contributed by atoms with E-state index in [0.29, 0.717) is 18.8 Å². The molecule has 0 aliphatic carbocycles. The van der Waals surface area contributed by atoms with Gasteiger partial charge in [-0.3, -0.25) is 24.2 Å². The Bertz CT molecular complexity index is 1490. The number of hydrogen-bond acceptors (Lipinski definition) is 7. The van der Waals surface area contributed by atoms with E-state index in [2.05, 4.69) is 15.3 Å². The lowest BCUT2D eigenvalue weighted by molar-refractivity contribution is -0.154. The topological polar surface area (TPSA) is 129 Å². The van der Waals surface area contributed by atoms with Gasteiger partial charge in [0, 0.05) is 39.6 Å². The molecule has 3 N–H and O–H groups in total. The molecule has 1 saturated heterocycles. The van der Waals surface area contributed by atoms with Crippen molar-refractivity contribution in [1.29, 1.82) is 0 Å². The maximum absolute atomic E-state index is 14.4. The lowest BCUT2D eigenvalue weighted by Gasteiger charge is -2.38. The molecular formula is C30H34N6O4S. The number of primary amides is 1. The second kappa shape index (κ2) is 11.4. The molecule has 2 atom stereocenters. The van der Waals surface area contributed by atoms with Gasteiger partial charge in [-0.15, -0.1) is 11.3 Å². The van der Waals surface area contributed by atoms with Gasteiger partial charge in [0.25, 0.3) is 17.7 Å². The molecule has 0 bridgehead atoms. The number of amides is 4. The maximum atomic E-state index is 14.4. The van der Waals surface area contributed by atoms with Crippen LogP contribution in [0.4, 0.5) is 0 Å². The maximum Gasteiger partial charge on any atom is 0.282 e. The molecule has 2 aliphatic heterocycles. The minimum Gasteiger partial charge on any atom is -0.365 e. The lowest BCUT2D eigenvalue weighted by atomic mass is 9.80. The zero-order valence-corrected chi connectivity index (χ0v) is 24.2. The number of nitrogens with one attached hydrogen (secondary N) is 1. The molecule has 3 heterocycles. The fourth-order valence-corrected chi connectivity index (χ4v) is 6.61. The summed E-state index contributed by atoms with van der Waals surface area (Å²) in [6.07, 6.45) is 1.15. The van der Waals surface area contributed by atoms with Gasteiger partial charge in [-0.25, -0.2) is 9.99 Å². The summed E-state index contributed by atoms with van der Waals surface area (Å²) in [6, 6.07) is 17.5. The molecule has 5 rings (SSSR count). The number of benzene rings is 2. The van der Waals surface area contributed by atoms with E-state index < -0.39 is 23.3 Å². The molecule has 0 saturated carbocycles. The Morgan fingerprint density at radius 2 is 1.83 bits per heavy atom. The average Bonchev–Trinajstić information content (AvgIpc) is 3.57. The van der Waals surface area contributed by atoms with Crippen molar-refractivity contribution in [3.05, 3.63) is 86.9 Å². The van der Waals surface area contributed by atoms with Crippen LogP contribution in [0.15, 0.2) is 54.6 Å². The normalized spacial score (nSPS) is 19.2. The van der Waals surface area contributed by atoms with Gasteiger partial charge in [-0.1, -0.05) is 61.5 Å². The molecule has 0 unspecified atom stereocenters. The van der Waals surface area contributed by atoms with Gasteiger partial charge < -0.3 is 16.0 Å². The number of fused-ring (bicyclic) bond motifs is 2. The first-order valence-corrected chi connectivity index (χ1v) is 14.5. The second-order valence-corrected chi connectivity index (χ2v) is 11.8. The number of rotatable bonds is 8. The van der Waals surface area contributed by atoms with Gasteiger partial charge >= 0.3 is 0 Å². The summed E-state index contributed by atoms with van der Waals surface area (Å²) >= 11 is 0.940. The predicted molar refractivity (Wildman–Crippen MR) is 155 cm³/mol. The van der Waals surface area contributed by atoms with Gasteiger partial charge in [0.05, 0.1) is 11.6 Å². The van der Waals surface area contributed by atoms with Crippen molar-refractivity contribution in [2.75, 3.05) is 26.7 Å². The van der Waals surface area contributed by atoms with E-state index in [-0.39, 0.29) is 34.7 Å². The standard InChI is InChI=1S/C30H34N6O4S/c1-19(17-34(3)28(39)27-32-20(2)24(41-27)25(31)37)26(38)33-30(16-21-10-5-4-6-11-21)23-13-8-7-12-22(23)18-35-14-9-15-36(35)29(30)40/h4-8,10-13,19H,9,14-18H2,1-3H3,(H2,31,37)(H,33,38)/t19-,30+/m1/s1. The highest BCUT2D eigenvalue weighted by atomic mass is 32.1. The predicted octanol–water partition coefficient (Wildman–Crippen LogP) is 2.48. The van der Waals surface area contributed by atoms with Gasteiger partial charge in [0.2, 0.25) is 5.91 Å². The molecule has 2 aromatic carbocycles. The Kier molecular flexibility index (Phi) is 7.92. The monoisotopic (exact) mass is 574 g/mol. The van der Waals surface area contributed by atoms with Crippen LogP contribution in [-0.4, -0.2) is 70.2 Å². The van der Waals surface area contributed by atoms with Crippen LogP contribution in [0, 0.1) is 12.8 Å². The van der Waals surface area contributed by atoms with Crippen molar-refractivity contribution in [2.45, 2.75) is 38.8 Å². The zero-order valence-electron chi connectivity index (χ0n) is 23.4. The summed E-state index contributed by atoms with van der Waals surface area (Å²) in [5, 5.41) is 7.16. The van der Waals surface area contributed by atoms with Crippen LogP contribution >= 0.6 is 11.3 Å². The Balaban J connectivity index is 1.45. The third-order valence-corrected chi connectivity index (χ3v) is 8.91.